The van der Waals surface area contributed by atoms with Crippen LogP contribution in [0.5, 0.6) is 0 Å². The van der Waals surface area contributed by atoms with Gasteiger partial charge in [-0.25, -0.2) is 0 Å². The van der Waals surface area contributed by atoms with Gasteiger partial charge in [-0.15, -0.1) is 0 Å². The highest BCUT2D eigenvalue weighted by Gasteiger charge is 2.18. The fourth-order valence-corrected chi connectivity index (χ4v) is 2.41. The quantitative estimate of drug-likeness (QED) is 0.862. The van der Waals surface area contributed by atoms with Crippen molar-refractivity contribution in [1.29, 1.82) is 0 Å². The molecule has 1 atom stereocenters. The summed E-state index contributed by atoms with van der Waals surface area (Å²) in [5.41, 5.74) is 2.67. The fraction of sp³-hybridized carbons (Fsp3) is 0.500. The molecule has 0 fully saturated rings. The zero-order chi connectivity index (χ0) is 10.8. The Balaban J connectivity index is 2.10. The summed E-state index contributed by atoms with van der Waals surface area (Å²) in [4.78, 5) is 0. The molecule has 1 aliphatic rings. The molecule has 0 saturated carbocycles. The SMILES string of the molecule is CC(C)NC1CNc2cc(Br)ccc2C1. The predicted molar refractivity (Wildman–Crippen MR) is 68.4 cm³/mol. The number of rotatable bonds is 2. The average Bonchev–Trinajstić information content (AvgIpc) is 2.17. The van der Waals surface area contributed by atoms with Gasteiger partial charge >= 0.3 is 0 Å². The third-order valence-electron chi connectivity index (χ3n) is 2.65. The highest BCUT2D eigenvalue weighted by Crippen LogP contribution is 2.25. The van der Waals surface area contributed by atoms with E-state index in [4.69, 9.17) is 0 Å². The Kier molecular flexibility index (Phi) is 3.32. The third kappa shape index (κ3) is 2.73. The number of hydrogen-bond donors (Lipinski definition) is 2. The molecular weight excluding hydrogens is 252 g/mol. The molecule has 0 amide bonds. The van der Waals surface area contributed by atoms with Crippen molar-refractivity contribution in [3.05, 3.63) is 28.2 Å². The lowest BCUT2D eigenvalue weighted by Crippen LogP contribution is -2.43. The predicted octanol–water partition coefficient (Wildman–Crippen LogP) is 2.78. The molecule has 0 aromatic heterocycles. The minimum Gasteiger partial charge on any atom is -0.383 e. The molecule has 1 aromatic carbocycles. The Hall–Kier alpha value is -0.540. The van der Waals surface area contributed by atoms with E-state index in [0.717, 1.165) is 17.4 Å². The van der Waals surface area contributed by atoms with Crippen molar-refractivity contribution in [1.82, 2.24) is 5.32 Å². The van der Waals surface area contributed by atoms with Gasteiger partial charge in [0, 0.05) is 28.8 Å². The van der Waals surface area contributed by atoms with Gasteiger partial charge < -0.3 is 10.6 Å². The van der Waals surface area contributed by atoms with Crippen molar-refractivity contribution in [2.75, 3.05) is 11.9 Å². The Morgan fingerprint density at radius 1 is 1.47 bits per heavy atom. The van der Waals surface area contributed by atoms with Crippen LogP contribution in [0.2, 0.25) is 0 Å². The fourth-order valence-electron chi connectivity index (χ4n) is 2.05. The maximum absolute atomic E-state index is 3.56. The van der Waals surface area contributed by atoms with Gasteiger partial charge in [0.05, 0.1) is 0 Å². The summed E-state index contributed by atoms with van der Waals surface area (Å²) in [6.45, 7) is 5.40. The Morgan fingerprint density at radius 3 is 3.00 bits per heavy atom. The van der Waals surface area contributed by atoms with Gasteiger partial charge in [0.25, 0.3) is 0 Å². The maximum atomic E-state index is 3.56. The molecule has 1 aromatic rings. The van der Waals surface area contributed by atoms with Crippen molar-refractivity contribution < 1.29 is 0 Å². The minimum atomic E-state index is 0.550. The third-order valence-corrected chi connectivity index (χ3v) is 3.14. The van der Waals surface area contributed by atoms with E-state index in [2.05, 4.69) is 58.6 Å². The molecule has 0 spiro atoms. The van der Waals surface area contributed by atoms with Crippen molar-refractivity contribution in [2.45, 2.75) is 32.4 Å². The van der Waals surface area contributed by atoms with Crippen molar-refractivity contribution >= 4 is 21.6 Å². The van der Waals surface area contributed by atoms with E-state index < -0.39 is 0 Å². The van der Waals surface area contributed by atoms with Crippen LogP contribution in [0.15, 0.2) is 22.7 Å². The Morgan fingerprint density at radius 2 is 2.27 bits per heavy atom. The molecule has 0 radical (unpaired) electrons. The van der Waals surface area contributed by atoms with Gasteiger partial charge in [-0.3, -0.25) is 0 Å². The topological polar surface area (TPSA) is 24.1 Å². The van der Waals surface area contributed by atoms with Crippen molar-refractivity contribution in [2.24, 2.45) is 0 Å². The smallest absolute Gasteiger partial charge is 0.0385 e. The first-order valence-electron chi connectivity index (χ1n) is 5.43. The molecule has 15 heavy (non-hydrogen) atoms. The van der Waals surface area contributed by atoms with Gasteiger partial charge in [-0.1, -0.05) is 35.8 Å². The molecule has 1 unspecified atom stereocenters. The van der Waals surface area contributed by atoms with Crippen molar-refractivity contribution in [3.63, 3.8) is 0 Å². The average molecular weight is 269 g/mol. The summed E-state index contributed by atoms with van der Waals surface area (Å²) in [7, 11) is 0. The zero-order valence-corrected chi connectivity index (χ0v) is 10.8. The summed E-state index contributed by atoms with van der Waals surface area (Å²) in [6.07, 6.45) is 1.12. The summed E-state index contributed by atoms with van der Waals surface area (Å²) in [5, 5.41) is 7.03. The molecule has 0 aliphatic carbocycles. The van der Waals surface area contributed by atoms with E-state index >= 15 is 0 Å². The number of halogens is 1. The first-order valence-corrected chi connectivity index (χ1v) is 6.23. The minimum absolute atomic E-state index is 0.550. The van der Waals surface area contributed by atoms with Gasteiger partial charge in [0.15, 0.2) is 0 Å². The number of benzene rings is 1. The Bertz CT molecular complexity index is 349. The second kappa shape index (κ2) is 4.54. The van der Waals surface area contributed by atoms with E-state index in [0.29, 0.717) is 12.1 Å². The van der Waals surface area contributed by atoms with Gasteiger partial charge in [-0.2, -0.15) is 0 Å². The molecule has 0 bridgehead atoms. The molecule has 82 valence electrons. The molecular formula is C12H17BrN2. The largest absolute Gasteiger partial charge is 0.383 e. The number of anilines is 1. The van der Waals surface area contributed by atoms with E-state index in [1.54, 1.807) is 0 Å². The van der Waals surface area contributed by atoms with Gasteiger partial charge in [0.1, 0.15) is 0 Å². The van der Waals surface area contributed by atoms with E-state index in [1.807, 2.05) is 0 Å². The van der Waals surface area contributed by atoms with Crippen LogP contribution in [0.3, 0.4) is 0 Å². The summed E-state index contributed by atoms with van der Waals surface area (Å²) >= 11 is 3.49. The molecule has 1 aliphatic heterocycles. The first kappa shape index (κ1) is 11.0. The lowest BCUT2D eigenvalue weighted by molar-refractivity contribution is 0.467. The summed E-state index contributed by atoms with van der Waals surface area (Å²) < 4.78 is 1.14. The van der Waals surface area contributed by atoms with Crippen LogP contribution in [-0.2, 0) is 6.42 Å². The van der Waals surface area contributed by atoms with Crippen molar-refractivity contribution in [3.8, 4) is 0 Å². The van der Waals surface area contributed by atoms with E-state index in [9.17, 15) is 0 Å². The lowest BCUT2D eigenvalue weighted by Gasteiger charge is -2.28. The maximum Gasteiger partial charge on any atom is 0.0385 e. The second-order valence-electron chi connectivity index (χ2n) is 4.40. The zero-order valence-electron chi connectivity index (χ0n) is 9.18. The van der Waals surface area contributed by atoms with Crippen LogP contribution >= 0.6 is 15.9 Å². The molecule has 2 nitrogen and oxygen atoms in total. The van der Waals surface area contributed by atoms with Crippen LogP contribution in [-0.4, -0.2) is 18.6 Å². The molecule has 1 heterocycles. The number of fused-ring (bicyclic) bond motifs is 1. The Labute approximate surface area is 99.6 Å². The first-order chi connectivity index (χ1) is 7.15. The summed E-state index contributed by atoms with van der Waals surface area (Å²) in [5.74, 6) is 0. The van der Waals surface area contributed by atoms with Crippen LogP contribution < -0.4 is 10.6 Å². The lowest BCUT2D eigenvalue weighted by atomic mass is 9.99. The highest BCUT2D eigenvalue weighted by molar-refractivity contribution is 9.10. The molecule has 2 N–H and O–H groups in total. The van der Waals surface area contributed by atoms with Crippen LogP contribution in [0.1, 0.15) is 19.4 Å². The molecule has 3 heteroatoms. The van der Waals surface area contributed by atoms with Gasteiger partial charge in [0.2, 0.25) is 0 Å². The standard InChI is InChI=1S/C12H17BrN2/c1-8(2)15-11-5-9-3-4-10(13)6-12(9)14-7-11/h3-4,6,8,11,14-15H,5,7H2,1-2H3. The summed E-state index contributed by atoms with van der Waals surface area (Å²) in [6, 6.07) is 7.56. The molecule has 2 rings (SSSR count). The van der Waals surface area contributed by atoms with Crippen LogP contribution in [0, 0.1) is 0 Å². The second-order valence-corrected chi connectivity index (χ2v) is 5.32. The van der Waals surface area contributed by atoms with Gasteiger partial charge in [-0.05, 0) is 24.1 Å². The monoisotopic (exact) mass is 268 g/mol. The number of hydrogen-bond acceptors (Lipinski definition) is 2. The number of nitrogens with one attached hydrogen (secondary N) is 2. The van der Waals surface area contributed by atoms with Crippen LogP contribution in [0.4, 0.5) is 5.69 Å². The van der Waals surface area contributed by atoms with E-state index in [-0.39, 0.29) is 0 Å². The normalized spacial score (nSPS) is 19.9. The highest BCUT2D eigenvalue weighted by atomic mass is 79.9. The molecule has 0 saturated heterocycles. The van der Waals surface area contributed by atoms with Crippen LogP contribution in [0.25, 0.3) is 0 Å². The van der Waals surface area contributed by atoms with E-state index in [1.165, 1.54) is 11.3 Å².